The van der Waals surface area contributed by atoms with Crippen molar-refractivity contribution in [1.82, 2.24) is 5.43 Å². The van der Waals surface area contributed by atoms with Crippen molar-refractivity contribution in [2.24, 2.45) is 5.84 Å². The molecule has 21 heavy (non-hydrogen) atoms. The Hall–Kier alpha value is -1.92. The molecule has 112 valence electrons. The van der Waals surface area contributed by atoms with Crippen LogP contribution in [0.3, 0.4) is 0 Å². The smallest absolute Gasteiger partial charge is 0.271 e. The van der Waals surface area contributed by atoms with E-state index in [4.69, 9.17) is 5.84 Å². The summed E-state index contributed by atoms with van der Waals surface area (Å²) in [7, 11) is 0. The number of hydrogen-bond donors (Lipinski definition) is 2. The Morgan fingerprint density at radius 2 is 1.62 bits per heavy atom. The van der Waals surface area contributed by atoms with E-state index in [1.165, 1.54) is 42.5 Å². The van der Waals surface area contributed by atoms with Gasteiger partial charge >= 0.3 is 6.18 Å². The van der Waals surface area contributed by atoms with Crippen LogP contribution in [0.2, 0.25) is 0 Å². The van der Waals surface area contributed by atoms with Gasteiger partial charge in [0.15, 0.2) is 0 Å². The molecule has 0 bridgehead atoms. The van der Waals surface area contributed by atoms with Gasteiger partial charge in [-0.1, -0.05) is 30.3 Å². The monoisotopic (exact) mass is 298 g/mol. The van der Waals surface area contributed by atoms with E-state index in [-0.39, 0.29) is 12.0 Å². The van der Waals surface area contributed by atoms with Crippen molar-refractivity contribution in [2.75, 3.05) is 0 Å². The zero-order chi connectivity index (χ0) is 15.5. The Balaban J connectivity index is 2.32. The normalized spacial score (nSPS) is 13.2. The standard InChI is InChI=1S/C15H14F4N2/c16-11-7-5-10(6-8-11)9-14(21-20)12-3-1-2-4-13(12)15(17,18)19/h1-8,14,21H,9,20H2. The minimum Gasteiger partial charge on any atom is -0.271 e. The van der Waals surface area contributed by atoms with Crippen molar-refractivity contribution in [2.45, 2.75) is 18.6 Å². The molecule has 0 aliphatic heterocycles. The summed E-state index contributed by atoms with van der Waals surface area (Å²) in [5.41, 5.74) is 2.43. The van der Waals surface area contributed by atoms with Crippen LogP contribution in [-0.2, 0) is 12.6 Å². The van der Waals surface area contributed by atoms with E-state index in [9.17, 15) is 17.6 Å². The molecular weight excluding hydrogens is 284 g/mol. The molecule has 0 amide bonds. The maximum absolute atomic E-state index is 13.0. The van der Waals surface area contributed by atoms with Crippen LogP contribution >= 0.6 is 0 Å². The van der Waals surface area contributed by atoms with E-state index in [1.54, 1.807) is 0 Å². The molecule has 0 aromatic heterocycles. The maximum atomic E-state index is 13.0. The SMILES string of the molecule is NNC(Cc1ccc(F)cc1)c1ccccc1C(F)(F)F. The van der Waals surface area contributed by atoms with Crippen LogP contribution in [0.1, 0.15) is 22.7 Å². The highest BCUT2D eigenvalue weighted by Crippen LogP contribution is 2.35. The molecule has 2 rings (SSSR count). The molecule has 6 heteroatoms. The van der Waals surface area contributed by atoms with Crippen molar-refractivity contribution in [3.05, 3.63) is 71.0 Å². The molecule has 0 aliphatic carbocycles. The molecule has 0 heterocycles. The summed E-state index contributed by atoms with van der Waals surface area (Å²) in [6.45, 7) is 0. The second-order valence-electron chi connectivity index (χ2n) is 4.63. The van der Waals surface area contributed by atoms with Crippen LogP contribution in [-0.4, -0.2) is 0 Å². The number of halogens is 4. The van der Waals surface area contributed by atoms with E-state index in [1.807, 2.05) is 0 Å². The van der Waals surface area contributed by atoms with E-state index in [0.29, 0.717) is 5.56 Å². The third-order valence-electron chi connectivity index (χ3n) is 3.20. The Bertz CT molecular complexity index is 593. The predicted molar refractivity (Wildman–Crippen MR) is 71.6 cm³/mol. The van der Waals surface area contributed by atoms with Crippen LogP contribution in [0, 0.1) is 5.82 Å². The fourth-order valence-corrected chi connectivity index (χ4v) is 2.17. The maximum Gasteiger partial charge on any atom is 0.416 e. The Morgan fingerprint density at radius 3 is 2.19 bits per heavy atom. The van der Waals surface area contributed by atoms with Gasteiger partial charge in [-0.05, 0) is 35.7 Å². The zero-order valence-corrected chi connectivity index (χ0v) is 11.0. The number of alkyl halides is 3. The largest absolute Gasteiger partial charge is 0.416 e. The zero-order valence-electron chi connectivity index (χ0n) is 11.0. The summed E-state index contributed by atoms with van der Waals surface area (Å²) in [6.07, 6.45) is -4.22. The van der Waals surface area contributed by atoms with Gasteiger partial charge in [-0.15, -0.1) is 0 Å². The predicted octanol–water partition coefficient (Wildman–Crippen LogP) is 3.59. The summed E-state index contributed by atoms with van der Waals surface area (Å²) in [4.78, 5) is 0. The van der Waals surface area contributed by atoms with Crippen molar-refractivity contribution in [1.29, 1.82) is 0 Å². The van der Waals surface area contributed by atoms with E-state index in [0.717, 1.165) is 6.07 Å². The van der Waals surface area contributed by atoms with Crippen molar-refractivity contribution >= 4 is 0 Å². The third-order valence-corrected chi connectivity index (χ3v) is 3.20. The molecule has 0 saturated heterocycles. The fraction of sp³-hybridized carbons (Fsp3) is 0.200. The molecule has 1 atom stereocenters. The van der Waals surface area contributed by atoms with Crippen molar-refractivity contribution in [3.8, 4) is 0 Å². The first kappa shape index (κ1) is 15.5. The highest BCUT2D eigenvalue weighted by atomic mass is 19.4. The summed E-state index contributed by atoms with van der Waals surface area (Å²) in [5, 5.41) is 0. The molecule has 0 saturated carbocycles. The number of hydrazine groups is 1. The van der Waals surface area contributed by atoms with Crippen LogP contribution in [0.4, 0.5) is 17.6 Å². The third kappa shape index (κ3) is 3.80. The lowest BCUT2D eigenvalue weighted by Gasteiger charge is -2.21. The van der Waals surface area contributed by atoms with Crippen molar-refractivity contribution in [3.63, 3.8) is 0 Å². The number of benzene rings is 2. The lowest BCUT2D eigenvalue weighted by atomic mass is 9.95. The molecule has 3 N–H and O–H groups in total. The van der Waals surface area contributed by atoms with Gasteiger partial charge in [0.05, 0.1) is 11.6 Å². The molecule has 0 fully saturated rings. The average molecular weight is 298 g/mol. The van der Waals surface area contributed by atoms with Crippen molar-refractivity contribution < 1.29 is 17.6 Å². The van der Waals surface area contributed by atoms with E-state index < -0.39 is 23.6 Å². The molecule has 2 aromatic rings. The van der Waals surface area contributed by atoms with Crippen LogP contribution in [0.25, 0.3) is 0 Å². The number of nitrogens with two attached hydrogens (primary N) is 1. The Kier molecular flexibility index (Phi) is 4.59. The first-order valence-electron chi connectivity index (χ1n) is 6.28. The molecule has 2 aromatic carbocycles. The molecule has 0 radical (unpaired) electrons. The highest BCUT2D eigenvalue weighted by Gasteiger charge is 2.34. The summed E-state index contributed by atoms with van der Waals surface area (Å²) < 4.78 is 51.9. The first-order valence-corrected chi connectivity index (χ1v) is 6.28. The second-order valence-corrected chi connectivity index (χ2v) is 4.63. The Labute approximate surface area is 119 Å². The van der Waals surface area contributed by atoms with Gasteiger partial charge < -0.3 is 0 Å². The lowest BCUT2D eigenvalue weighted by Crippen LogP contribution is -2.31. The van der Waals surface area contributed by atoms with Gasteiger partial charge in [0, 0.05) is 0 Å². The topological polar surface area (TPSA) is 38.0 Å². The minimum absolute atomic E-state index is 0.0665. The second kappa shape index (κ2) is 6.24. The number of hydrogen-bond acceptors (Lipinski definition) is 2. The molecule has 2 nitrogen and oxygen atoms in total. The van der Waals surface area contributed by atoms with Gasteiger partial charge in [0.1, 0.15) is 5.82 Å². The van der Waals surface area contributed by atoms with Gasteiger partial charge in [-0.3, -0.25) is 11.3 Å². The molecule has 0 spiro atoms. The summed E-state index contributed by atoms with van der Waals surface area (Å²) >= 11 is 0. The summed E-state index contributed by atoms with van der Waals surface area (Å²) in [5.74, 6) is 5.01. The average Bonchev–Trinajstić information content (AvgIpc) is 2.46. The Morgan fingerprint density at radius 1 is 1.00 bits per heavy atom. The summed E-state index contributed by atoms with van der Waals surface area (Å²) in [6, 6.07) is 10.1. The molecular formula is C15H14F4N2. The number of rotatable bonds is 4. The van der Waals surface area contributed by atoms with E-state index >= 15 is 0 Å². The lowest BCUT2D eigenvalue weighted by molar-refractivity contribution is -0.138. The molecule has 1 unspecified atom stereocenters. The van der Waals surface area contributed by atoms with Gasteiger partial charge in [0.25, 0.3) is 0 Å². The first-order chi connectivity index (χ1) is 9.91. The highest BCUT2D eigenvalue weighted by molar-refractivity contribution is 5.33. The van der Waals surface area contributed by atoms with Crippen LogP contribution in [0.5, 0.6) is 0 Å². The molecule has 0 aliphatic rings. The van der Waals surface area contributed by atoms with Crippen LogP contribution < -0.4 is 11.3 Å². The van der Waals surface area contributed by atoms with Gasteiger partial charge in [0.2, 0.25) is 0 Å². The fourth-order valence-electron chi connectivity index (χ4n) is 2.17. The number of nitrogens with one attached hydrogen (secondary N) is 1. The van der Waals surface area contributed by atoms with Gasteiger partial charge in [-0.2, -0.15) is 13.2 Å². The van der Waals surface area contributed by atoms with Crippen LogP contribution in [0.15, 0.2) is 48.5 Å². The van der Waals surface area contributed by atoms with E-state index in [2.05, 4.69) is 5.43 Å². The van der Waals surface area contributed by atoms with Gasteiger partial charge in [-0.25, -0.2) is 4.39 Å². The quantitative estimate of drug-likeness (QED) is 0.514. The minimum atomic E-state index is -4.45.